The molecule has 37 heavy (non-hydrogen) atoms. The van der Waals surface area contributed by atoms with Gasteiger partial charge in [0.1, 0.15) is 6.61 Å². The molecule has 1 saturated heterocycles. The highest BCUT2D eigenvalue weighted by molar-refractivity contribution is 6.27. The summed E-state index contributed by atoms with van der Waals surface area (Å²) in [5.41, 5.74) is 1.12. The summed E-state index contributed by atoms with van der Waals surface area (Å²) >= 11 is 0. The van der Waals surface area contributed by atoms with Crippen LogP contribution < -0.4 is 0 Å². The number of hydrogen-bond donors (Lipinski definition) is 2. The number of amides is 1. The second kappa shape index (κ2) is 14.1. The summed E-state index contributed by atoms with van der Waals surface area (Å²) in [5.74, 6) is -3.99. The third-order valence-corrected chi connectivity index (χ3v) is 6.21. The molecule has 0 bridgehead atoms. The van der Waals surface area contributed by atoms with Gasteiger partial charge in [-0.1, -0.05) is 67.6 Å². The Bertz CT molecular complexity index is 1020. The number of aliphatic carboxylic acids is 2. The fraction of sp³-hybridized carbons (Fsp3) is 0.407. The summed E-state index contributed by atoms with van der Waals surface area (Å²) < 4.78 is 5.13. The second-order valence-corrected chi connectivity index (χ2v) is 8.82. The molecule has 10 nitrogen and oxygen atoms in total. The van der Waals surface area contributed by atoms with Gasteiger partial charge in [-0.25, -0.2) is 19.4 Å². The van der Waals surface area contributed by atoms with Gasteiger partial charge in [-0.3, -0.25) is 9.63 Å². The van der Waals surface area contributed by atoms with Gasteiger partial charge in [-0.15, -0.1) is 0 Å². The van der Waals surface area contributed by atoms with E-state index >= 15 is 0 Å². The van der Waals surface area contributed by atoms with Crippen molar-refractivity contribution in [3.8, 4) is 0 Å². The number of esters is 1. The van der Waals surface area contributed by atoms with Crippen molar-refractivity contribution in [3.05, 3.63) is 71.8 Å². The maximum absolute atomic E-state index is 12.9. The number of carboxylic acid groups (broad SMARTS) is 2. The summed E-state index contributed by atoms with van der Waals surface area (Å²) in [7, 11) is 1.36. The van der Waals surface area contributed by atoms with E-state index < -0.39 is 23.4 Å². The number of ether oxygens (including phenoxy) is 1. The third-order valence-electron chi connectivity index (χ3n) is 6.21. The predicted octanol–water partition coefficient (Wildman–Crippen LogP) is 2.93. The molecule has 0 aliphatic carbocycles. The van der Waals surface area contributed by atoms with Crippen molar-refractivity contribution in [2.45, 2.75) is 44.8 Å². The molecule has 2 aromatic carbocycles. The number of benzene rings is 2. The first-order chi connectivity index (χ1) is 17.6. The van der Waals surface area contributed by atoms with Crippen molar-refractivity contribution in [1.82, 2.24) is 9.96 Å². The molecule has 200 valence electrons. The van der Waals surface area contributed by atoms with Crippen LogP contribution in [0, 0.1) is 0 Å². The molecule has 1 atom stereocenters. The topological polar surface area (TPSA) is 134 Å². The Morgan fingerprint density at radius 3 is 1.92 bits per heavy atom. The lowest BCUT2D eigenvalue weighted by molar-refractivity contribution is -0.240. The van der Waals surface area contributed by atoms with E-state index in [1.165, 1.54) is 24.7 Å². The summed E-state index contributed by atoms with van der Waals surface area (Å²) in [6, 6.07) is 20.0. The van der Waals surface area contributed by atoms with Crippen LogP contribution in [0.15, 0.2) is 60.7 Å². The maximum Gasteiger partial charge on any atom is 0.414 e. The lowest BCUT2D eigenvalue weighted by atomic mass is 9.86. The number of hydrogen-bond acceptors (Lipinski definition) is 7. The molecule has 1 amide bonds. The number of nitrogens with zero attached hydrogens (tertiary/aromatic N) is 2. The average molecular weight is 515 g/mol. The van der Waals surface area contributed by atoms with Gasteiger partial charge in [0.15, 0.2) is 5.54 Å². The van der Waals surface area contributed by atoms with Crippen LogP contribution in [0.25, 0.3) is 0 Å². The van der Waals surface area contributed by atoms with E-state index in [0.29, 0.717) is 31.8 Å². The fourth-order valence-corrected chi connectivity index (χ4v) is 4.29. The minimum atomic E-state index is -1.82. The molecule has 10 heteroatoms. The van der Waals surface area contributed by atoms with Gasteiger partial charge in [0.25, 0.3) is 0 Å². The van der Waals surface area contributed by atoms with Crippen molar-refractivity contribution >= 4 is 23.8 Å². The molecular weight excluding hydrogens is 480 g/mol. The maximum atomic E-state index is 12.9. The minimum absolute atomic E-state index is 0.216. The summed E-state index contributed by atoms with van der Waals surface area (Å²) in [5, 5.41) is 16.0. The van der Waals surface area contributed by atoms with Crippen molar-refractivity contribution in [2.75, 3.05) is 26.7 Å². The summed E-state index contributed by atoms with van der Waals surface area (Å²) in [6.45, 7) is 6.12. The number of carboxylic acids is 2. The predicted molar refractivity (Wildman–Crippen MR) is 134 cm³/mol. The Balaban J connectivity index is 0.000000717. The zero-order chi connectivity index (χ0) is 27.4. The SMILES string of the molecule is COC(=O)C1(N(OCc2ccccc2)C(C)=O)CCN(CC(C)c2ccccc2)CC1.O=C(O)C(=O)O. The second-order valence-electron chi connectivity index (χ2n) is 8.82. The Morgan fingerprint density at radius 2 is 1.46 bits per heavy atom. The summed E-state index contributed by atoms with van der Waals surface area (Å²) in [4.78, 5) is 51.8. The molecule has 1 heterocycles. The van der Waals surface area contributed by atoms with Gasteiger partial charge in [-0.05, 0) is 29.9 Å². The first-order valence-corrected chi connectivity index (χ1v) is 11.9. The van der Waals surface area contributed by atoms with Crippen LogP contribution in [0.3, 0.4) is 0 Å². The Hall–Kier alpha value is -3.76. The van der Waals surface area contributed by atoms with Gasteiger partial charge >= 0.3 is 17.9 Å². The monoisotopic (exact) mass is 514 g/mol. The van der Waals surface area contributed by atoms with E-state index in [1.54, 1.807) is 0 Å². The van der Waals surface area contributed by atoms with Gasteiger partial charge < -0.3 is 19.8 Å². The van der Waals surface area contributed by atoms with Crippen molar-refractivity contribution in [3.63, 3.8) is 0 Å². The molecule has 0 spiro atoms. The lowest BCUT2D eigenvalue weighted by Crippen LogP contribution is -2.61. The van der Waals surface area contributed by atoms with Gasteiger partial charge in [0.05, 0.1) is 7.11 Å². The zero-order valence-corrected chi connectivity index (χ0v) is 21.3. The molecule has 1 aliphatic heterocycles. The van der Waals surface area contributed by atoms with Gasteiger partial charge in [-0.2, -0.15) is 0 Å². The van der Waals surface area contributed by atoms with E-state index in [1.807, 2.05) is 36.4 Å². The van der Waals surface area contributed by atoms with Crippen LogP contribution in [-0.4, -0.2) is 76.3 Å². The molecule has 1 unspecified atom stereocenters. The number of hydroxylamine groups is 2. The zero-order valence-electron chi connectivity index (χ0n) is 21.3. The van der Waals surface area contributed by atoms with Crippen LogP contribution in [0.2, 0.25) is 0 Å². The Morgan fingerprint density at radius 1 is 0.946 bits per heavy atom. The average Bonchev–Trinajstić information content (AvgIpc) is 2.90. The molecule has 0 radical (unpaired) electrons. The molecule has 1 aliphatic rings. The highest BCUT2D eigenvalue weighted by atomic mass is 16.7. The van der Waals surface area contributed by atoms with E-state index in [9.17, 15) is 9.59 Å². The minimum Gasteiger partial charge on any atom is -0.473 e. The largest absolute Gasteiger partial charge is 0.473 e. The van der Waals surface area contributed by atoms with Crippen LogP contribution in [0.4, 0.5) is 0 Å². The molecule has 0 aromatic heterocycles. The third kappa shape index (κ3) is 8.40. The van der Waals surface area contributed by atoms with Crippen LogP contribution >= 0.6 is 0 Å². The number of rotatable bonds is 8. The smallest absolute Gasteiger partial charge is 0.414 e. The molecule has 1 fully saturated rings. The number of methoxy groups -OCH3 is 1. The van der Waals surface area contributed by atoms with Crippen molar-refractivity contribution < 1.29 is 39.0 Å². The van der Waals surface area contributed by atoms with E-state index in [-0.39, 0.29) is 12.5 Å². The molecule has 0 saturated carbocycles. The Labute approximate surface area is 216 Å². The van der Waals surface area contributed by atoms with Gasteiger partial charge in [0, 0.05) is 26.6 Å². The lowest BCUT2D eigenvalue weighted by Gasteiger charge is -2.45. The number of piperidine rings is 1. The van der Waals surface area contributed by atoms with E-state index in [4.69, 9.17) is 29.4 Å². The highest BCUT2D eigenvalue weighted by Crippen LogP contribution is 2.32. The van der Waals surface area contributed by atoms with Gasteiger partial charge in [0.2, 0.25) is 5.91 Å². The standard InChI is InChI=1S/C25H32N2O4.C2H2O4/c1-20(23-12-8-5-9-13-23)18-26-16-14-25(15-17-26,24(29)30-3)27(21(2)28)31-19-22-10-6-4-7-11-22;3-1(4)2(5)6/h4-13,20H,14-19H2,1-3H3;(H,3,4)(H,5,6). The van der Waals surface area contributed by atoms with Crippen molar-refractivity contribution in [2.24, 2.45) is 0 Å². The normalized spacial score (nSPS) is 15.4. The molecule has 3 rings (SSSR count). The molecule has 2 aromatic rings. The first-order valence-electron chi connectivity index (χ1n) is 11.9. The quantitative estimate of drug-likeness (QED) is 0.310. The Kier molecular flexibility index (Phi) is 11.2. The summed E-state index contributed by atoms with van der Waals surface area (Å²) in [6.07, 6.45) is 0.936. The van der Waals surface area contributed by atoms with E-state index in [0.717, 1.165) is 12.1 Å². The number of carbonyl (C=O) groups excluding carboxylic acids is 2. The molecular formula is C27H34N2O8. The van der Waals surface area contributed by atoms with Crippen molar-refractivity contribution in [1.29, 1.82) is 0 Å². The van der Waals surface area contributed by atoms with Crippen LogP contribution in [0.5, 0.6) is 0 Å². The number of carbonyl (C=O) groups is 4. The van der Waals surface area contributed by atoms with Crippen LogP contribution in [0.1, 0.15) is 43.7 Å². The van der Waals surface area contributed by atoms with Crippen LogP contribution in [-0.2, 0) is 35.4 Å². The first kappa shape index (κ1) is 29.5. The fourth-order valence-electron chi connectivity index (χ4n) is 4.29. The number of likely N-dealkylation sites (tertiary alicyclic amines) is 1. The molecule has 2 N–H and O–H groups in total. The highest BCUT2D eigenvalue weighted by Gasteiger charge is 2.50. The van der Waals surface area contributed by atoms with E-state index in [2.05, 4.69) is 36.1 Å².